The van der Waals surface area contributed by atoms with Crippen LogP contribution in [0.25, 0.3) is 0 Å². The molecule has 0 fully saturated rings. The topological polar surface area (TPSA) is 98.6 Å². The number of carbonyl (C=O) groups excluding carboxylic acids is 2. The second-order valence-corrected chi connectivity index (χ2v) is 6.24. The first kappa shape index (κ1) is 17.1. The van der Waals surface area contributed by atoms with E-state index in [1.165, 1.54) is 6.92 Å². The predicted octanol–water partition coefficient (Wildman–Crippen LogP) is 1.58. The van der Waals surface area contributed by atoms with Crippen LogP contribution in [0.2, 0.25) is 0 Å². The molecule has 0 bridgehead atoms. The van der Waals surface area contributed by atoms with E-state index >= 15 is 0 Å². The first-order chi connectivity index (χ1) is 9.53. The van der Waals surface area contributed by atoms with Crippen LogP contribution < -0.4 is 11.6 Å². The molecule has 1 aromatic carbocycles. The maximum Gasteiger partial charge on any atom is 0.431 e. The van der Waals surface area contributed by atoms with Gasteiger partial charge in [0.05, 0.1) is 5.54 Å². The normalized spacial score (nSPS) is 14.2. The summed E-state index contributed by atoms with van der Waals surface area (Å²) in [6.45, 7) is 6.60. The minimum absolute atomic E-state index is 0.267. The molecule has 1 aromatic rings. The lowest BCUT2D eigenvalue weighted by Crippen LogP contribution is -2.59. The molecule has 0 radical (unpaired) electrons. The van der Waals surface area contributed by atoms with Gasteiger partial charge in [0.25, 0.3) is 5.91 Å². The lowest BCUT2D eigenvalue weighted by Gasteiger charge is -2.29. The van der Waals surface area contributed by atoms with E-state index in [1.807, 2.05) is 30.3 Å². The minimum atomic E-state index is -1.30. The molecule has 0 unspecified atom stereocenters. The third-order valence-electron chi connectivity index (χ3n) is 2.71. The van der Waals surface area contributed by atoms with E-state index in [4.69, 9.17) is 16.3 Å². The van der Waals surface area contributed by atoms with E-state index in [2.05, 4.69) is 0 Å². The monoisotopic (exact) mass is 293 g/mol. The lowest BCUT2D eigenvalue weighted by molar-refractivity contribution is -0.135. The van der Waals surface area contributed by atoms with E-state index < -0.39 is 23.1 Å². The van der Waals surface area contributed by atoms with Gasteiger partial charge in [0.1, 0.15) is 5.60 Å². The molecule has 0 aromatic heterocycles. The van der Waals surface area contributed by atoms with Crippen molar-refractivity contribution in [3.8, 4) is 0 Å². The molecule has 116 valence electrons. The SMILES string of the molecule is CC(C)(C)OC(=O)N(N)C(=O)[C@@](C)(N)Cc1ccccc1. The van der Waals surface area contributed by atoms with Crippen LogP contribution in [0.15, 0.2) is 30.3 Å². The molecular formula is C15H23N3O3. The molecule has 0 heterocycles. The highest BCUT2D eigenvalue weighted by Crippen LogP contribution is 2.15. The van der Waals surface area contributed by atoms with Crippen LogP contribution in [-0.4, -0.2) is 28.1 Å². The van der Waals surface area contributed by atoms with Gasteiger partial charge < -0.3 is 10.5 Å². The number of carbonyl (C=O) groups is 2. The Morgan fingerprint density at radius 3 is 2.14 bits per heavy atom. The van der Waals surface area contributed by atoms with Crippen molar-refractivity contribution in [2.75, 3.05) is 0 Å². The van der Waals surface area contributed by atoms with Crippen molar-refractivity contribution in [2.24, 2.45) is 11.6 Å². The number of nitrogens with zero attached hydrogens (tertiary/aromatic N) is 1. The number of nitrogens with two attached hydrogens (primary N) is 2. The summed E-state index contributed by atoms with van der Waals surface area (Å²) in [5, 5.41) is 0.439. The summed E-state index contributed by atoms with van der Waals surface area (Å²) in [5.74, 6) is 4.84. The highest BCUT2D eigenvalue weighted by atomic mass is 16.6. The average Bonchev–Trinajstić information content (AvgIpc) is 2.35. The maximum absolute atomic E-state index is 12.3. The fourth-order valence-electron chi connectivity index (χ4n) is 1.76. The molecule has 1 rings (SSSR count). The Labute approximate surface area is 125 Å². The molecule has 0 saturated heterocycles. The van der Waals surface area contributed by atoms with Crippen LogP contribution in [0.5, 0.6) is 0 Å². The second-order valence-electron chi connectivity index (χ2n) is 6.24. The van der Waals surface area contributed by atoms with E-state index in [-0.39, 0.29) is 6.42 Å². The van der Waals surface area contributed by atoms with Gasteiger partial charge in [-0.3, -0.25) is 4.79 Å². The van der Waals surface area contributed by atoms with Gasteiger partial charge >= 0.3 is 6.09 Å². The van der Waals surface area contributed by atoms with Gasteiger partial charge in [0, 0.05) is 0 Å². The number of amides is 2. The molecule has 0 saturated carbocycles. The van der Waals surface area contributed by atoms with Crippen molar-refractivity contribution in [1.82, 2.24) is 5.01 Å². The quantitative estimate of drug-likeness (QED) is 0.501. The zero-order chi connectivity index (χ0) is 16.3. The fourth-order valence-corrected chi connectivity index (χ4v) is 1.76. The van der Waals surface area contributed by atoms with Crippen LogP contribution in [0.4, 0.5) is 4.79 Å². The number of hydrogen-bond acceptors (Lipinski definition) is 5. The van der Waals surface area contributed by atoms with E-state index in [0.29, 0.717) is 5.01 Å². The van der Waals surface area contributed by atoms with Gasteiger partial charge in [-0.25, -0.2) is 10.6 Å². The Morgan fingerprint density at radius 2 is 1.67 bits per heavy atom. The molecule has 4 N–H and O–H groups in total. The molecule has 0 aliphatic carbocycles. The number of rotatable bonds is 3. The van der Waals surface area contributed by atoms with Gasteiger partial charge in [-0.2, -0.15) is 5.01 Å². The highest BCUT2D eigenvalue weighted by molar-refractivity contribution is 5.96. The first-order valence-corrected chi connectivity index (χ1v) is 6.68. The van der Waals surface area contributed by atoms with Crippen LogP contribution >= 0.6 is 0 Å². The Hall–Kier alpha value is -1.92. The predicted molar refractivity (Wildman–Crippen MR) is 80.0 cm³/mol. The third-order valence-corrected chi connectivity index (χ3v) is 2.71. The van der Waals surface area contributed by atoms with Crippen molar-refractivity contribution < 1.29 is 14.3 Å². The zero-order valence-corrected chi connectivity index (χ0v) is 12.9. The molecule has 1 atom stereocenters. The van der Waals surface area contributed by atoms with Crippen molar-refractivity contribution >= 4 is 12.0 Å². The van der Waals surface area contributed by atoms with Crippen LogP contribution in [-0.2, 0) is 16.0 Å². The number of benzene rings is 1. The summed E-state index contributed by atoms with van der Waals surface area (Å²) < 4.78 is 5.05. The summed E-state index contributed by atoms with van der Waals surface area (Å²) in [6, 6.07) is 9.28. The fraction of sp³-hybridized carbons (Fsp3) is 0.467. The standard InChI is InChI=1S/C15H23N3O3/c1-14(2,3)21-13(20)18(17)12(19)15(4,16)10-11-8-6-5-7-9-11/h5-9H,10,16-17H2,1-4H3/t15-/m0/s1. The molecule has 0 aliphatic rings. The third kappa shape index (κ3) is 5.17. The van der Waals surface area contributed by atoms with Gasteiger partial charge in [0.2, 0.25) is 0 Å². The van der Waals surface area contributed by atoms with Gasteiger partial charge in [-0.1, -0.05) is 30.3 Å². The number of hydrazine groups is 1. The zero-order valence-electron chi connectivity index (χ0n) is 12.9. The number of ether oxygens (including phenoxy) is 1. The van der Waals surface area contributed by atoms with Crippen molar-refractivity contribution in [1.29, 1.82) is 0 Å². The first-order valence-electron chi connectivity index (χ1n) is 6.68. The largest absolute Gasteiger partial charge is 0.442 e. The van der Waals surface area contributed by atoms with Crippen LogP contribution in [0.3, 0.4) is 0 Å². The Morgan fingerprint density at radius 1 is 1.14 bits per heavy atom. The Kier molecular flexibility index (Phi) is 5.09. The molecule has 6 heteroatoms. The van der Waals surface area contributed by atoms with Crippen molar-refractivity contribution in [2.45, 2.75) is 45.3 Å². The van der Waals surface area contributed by atoms with Gasteiger partial charge in [-0.15, -0.1) is 0 Å². The smallest absolute Gasteiger partial charge is 0.431 e. The second kappa shape index (κ2) is 6.24. The Balaban J connectivity index is 2.78. The summed E-state index contributed by atoms with van der Waals surface area (Å²) in [7, 11) is 0. The molecule has 21 heavy (non-hydrogen) atoms. The number of hydrogen-bond donors (Lipinski definition) is 2. The minimum Gasteiger partial charge on any atom is -0.442 e. The maximum atomic E-state index is 12.3. The highest BCUT2D eigenvalue weighted by Gasteiger charge is 2.36. The summed E-state index contributed by atoms with van der Waals surface area (Å²) in [6.07, 6.45) is -0.652. The van der Waals surface area contributed by atoms with Gasteiger partial charge in [0.15, 0.2) is 0 Å². The van der Waals surface area contributed by atoms with E-state index in [9.17, 15) is 9.59 Å². The molecular weight excluding hydrogens is 270 g/mol. The molecule has 0 spiro atoms. The summed E-state index contributed by atoms with van der Waals surface area (Å²) >= 11 is 0. The van der Waals surface area contributed by atoms with Crippen molar-refractivity contribution in [3.63, 3.8) is 0 Å². The van der Waals surface area contributed by atoms with Crippen LogP contribution in [0.1, 0.15) is 33.3 Å². The number of imide groups is 1. The average molecular weight is 293 g/mol. The summed E-state index contributed by atoms with van der Waals surface area (Å²) in [4.78, 5) is 24.1. The molecule has 0 aliphatic heterocycles. The van der Waals surface area contributed by atoms with E-state index in [0.717, 1.165) is 5.56 Å². The van der Waals surface area contributed by atoms with Crippen LogP contribution in [0, 0.1) is 0 Å². The summed E-state index contributed by atoms with van der Waals surface area (Å²) in [5.41, 5.74) is 4.86. The molecule has 6 nitrogen and oxygen atoms in total. The van der Waals surface area contributed by atoms with Crippen molar-refractivity contribution in [3.05, 3.63) is 35.9 Å². The van der Waals surface area contributed by atoms with Gasteiger partial charge in [-0.05, 0) is 39.7 Å². The Bertz CT molecular complexity index is 507. The molecule has 2 amide bonds. The van der Waals surface area contributed by atoms with E-state index in [1.54, 1.807) is 20.8 Å². The lowest BCUT2D eigenvalue weighted by atomic mass is 9.93.